The number of carboxylic acids is 1. The highest BCUT2D eigenvalue weighted by Crippen LogP contribution is 2.40. The molecule has 2 amide bonds. The highest BCUT2D eigenvalue weighted by atomic mass is 32.2. The van der Waals surface area contributed by atoms with Crippen molar-refractivity contribution < 1.29 is 38.4 Å². The van der Waals surface area contributed by atoms with Crippen molar-refractivity contribution in [3.05, 3.63) is 65.1 Å². The average molecular weight is 598 g/mol. The van der Waals surface area contributed by atoms with E-state index in [0.717, 1.165) is 10.1 Å². The van der Waals surface area contributed by atoms with Crippen molar-refractivity contribution in [2.24, 2.45) is 5.16 Å². The van der Waals surface area contributed by atoms with E-state index in [0.29, 0.717) is 17.9 Å². The third-order valence-electron chi connectivity index (χ3n) is 6.24. The molecule has 2 atom stereocenters. The van der Waals surface area contributed by atoms with Crippen LogP contribution in [0, 0.1) is 0 Å². The average Bonchev–Trinajstić information content (AvgIpc) is 3.41. The van der Waals surface area contributed by atoms with E-state index in [2.05, 4.69) is 15.5 Å². The first-order chi connectivity index (χ1) is 19.8. The molecule has 0 saturated carbocycles. The summed E-state index contributed by atoms with van der Waals surface area (Å²) >= 11 is 2.93. The largest absolute Gasteiger partial charge is 0.477 e. The van der Waals surface area contributed by atoms with E-state index >= 15 is 0 Å². The molecule has 1 fully saturated rings. The van der Waals surface area contributed by atoms with Crippen molar-refractivity contribution >= 4 is 68.5 Å². The second kappa shape index (κ2) is 11.9. The van der Waals surface area contributed by atoms with Gasteiger partial charge in [0.05, 0.1) is 11.3 Å². The van der Waals surface area contributed by atoms with Crippen LogP contribution < -0.4 is 15.6 Å². The molecule has 3 aromatic heterocycles. The predicted octanol–water partition coefficient (Wildman–Crippen LogP) is 0.889. The Morgan fingerprint density at radius 2 is 2.12 bits per heavy atom. The molecule has 2 aliphatic heterocycles. The number of carbonyl (C=O) groups excluding carboxylic acids is 3. The molecule has 0 bridgehead atoms. The van der Waals surface area contributed by atoms with Crippen LogP contribution in [0.3, 0.4) is 0 Å². The Bertz CT molecular complexity index is 1600. The van der Waals surface area contributed by atoms with Crippen LogP contribution in [0.15, 0.2) is 64.5 Å². The van der Waals surface area contributed by atoms with Crippen LogP contribution in [0.2, 0.25) is 0 Å². The Morgan fingerprint density at radius 1 is 1.29 bits per heavy atom. The second-order valence-corrected chi connectivity index (χ2v) is 11.0. The number of anilines is 1. The van der Waals surface area contributed by atoms with E-state index in [1.54, 1.807) is 24.3 Å². The first-order valence-electron chi connectivity index (χ1n) is 12.4. The van der Waals surface area contributed by atoms with Gasteiger partial charge in [0.15, 0.2) is 24.7 Å². The number of thioether (sulfide) groups is 1. The van der Waals surface area contributed by atoms with Gasteiger partial charge in [-0.3, -0.25) is 14.5 Å². The maximum Gasteiger partial charge on any atom is 0.352 e. The van der Waals surface area contributed by atoms with Gasteiger partial charge < -0.3 is 25.7 Å². The number of amides is 2. The molecule has 3 aromatic rings. The zero-order chi connectivity index (χ0) is 29.1. The molecule has 5 rings (SSSR count). The summed E-state index contributed by atoms with van der Waals surface area (Å²) in [4.78, 5) is 60.7. The fraction of sp³-hybridized carbons (Fsp3) is 0.269. The fourth-order valence-corrected chi connectivity index (χ4v) is 6.58. The summed E-state index contributed by atoms with van der Waals surface area (Å²) in [5.41, 5.74) is 5.98. The topological polar surface area (TPSA) is 177 Å². The minimum atomic E-state index is -1.22. The van der Waals surface area contributed by atoms with Crippen molar-refractivity contribution in [1.29, 1.82) is 0 Å². The van der Waals surface area contributed by atoms with Gasteiger partial charge in [-0.25, -0.2) is 14.6 Å². The highest BCUT2D eigenvalue weighted by Gasteiger charge is 2.54. The molecule has 2 aliphatic rings. The Balaban J connectivity index is 1.34. The van der Waals surface area contributed by atoms with Crippen molar-refractivity contribution in [2.45, 2.75) is 24.9 Å². The van der Waals surface area contributed by atoms with E-state index in [1.165, 1.54) is 28.8 Å². The molecule has 212 valence electrons. The zero-order valence-electron chi connectivity index (χ0n) is 21.7. The number of aromatic nitrogens is 2. The van der Waals surface area contributed by atoms with Crippen molar-refractivity contribution in [3.8, 4) is 0 Å². The number of nitrogen functional groups attached to an aromatic ring is 1. The highest BCUT2D eigenvalue weighted by molar-refractivity contribution is 8.00. The number of thiophene rings is 1. The van der Waals surface area contributed by atoms with E-state index in [9.17, 15) is 24.3 Å². The normalized spacial score (nSPS) is 18.5. The summed E-state index contributed by atoms with van der Waals surface area (Å²) in [6.45, 7) is 1.53. The first-order valence-corrected chi connectivity index (χ1v) is 14.3. The molecular formula is C26H25N6O7S2+. The van der Waals surface area contributed by atoms with Gasteiger partial charge in [0.2, 0.25) is 6.61 Å². The number of rotatable bonds is 10. The molecule has 4 N–H and O–H groups in total. The lowest BCUT2D eigenvalue weighted by molar-refractivity contribution is -0.687. The first kappa shape index (κ1) is 28.0. The number of carboxylic acid groups (broad SMARTS) is 1. The number of nitrogens with two attached hydrogens (primary N) is 1. The van der Waals surface area contributed by atoms with Gasteiger partial charge in [-0.2, -0.15) is 4.57 Å². The van der Waals surface area contributed by atoms with Crippen molar-refractivity contribution in [3.63, 3.8) is 0 Å². The third-order valence-corrected chi connectivity index (χ3v) is 8.44. The molecule has 0 spiro atoms. The van der Waals surface area contributed by atoms with Crippen LogP contribution in [-0.4, -0.2) is 74.8 Å². The summed E-state index contributed by atoms with van der Waals surface area (Å²) in [6.07, 6.45) is 3.81. The Kier molecular flexibility index (Phi) is 8.16. The Morgan fingerprint density at radius 3 is 2.88 bits per heavy atom. The van der Waals surface area contributed by atoms with Gasteiger partial charge in [-0.1, -0.05) is 11.2 Å². The van der Waals surface area contributed by atoms with Crippen LogP contribution in [0.4, 0.5) is 5.82 Å². The smallest absolute Gasteiger partial charge is 0.352 e. The summed E-state index contributed by atoms with van der Waals surface area (Å²) in [7, 11) is 0. The summed E-state index contributed by atoms with van der Waals surface area (Å²) < 4.78 is 7.74. The van der Waals surface area contributed by atoms with Gasteiger partial charge >= 0.3 is 11.9 Å². The standard InChI is InChI=1S/C26H24N6O7S2/c1-2-38-19(33)12-39-30-20(16-4-3-5-18(27)28-16)23(34)29-21-24(35)32-22(26(36)37)15(13-41-25(21)32)10-31-8-6-14-7-9-40-17(14)11-31/h3-9,11,21,25H,2,10,12-13H2,1H3,(H3-,27,28,29,34,36,37)/p+1/t21?,25-/m0/s1. The Hall–Kier alpha value is -4.50. The molecule has 0 aromatic carbocycles. The van der Waals surface area contributed by atoms with Crippen LogP contribution in [0.1, 0.15) is 12.6 Å². The number of esters is 1. The number of oxime groups is 1. The molecule has 13 nitrogen and oxygen atoms in total. The van der Waals surface area contributed by atoms with Crippen LogP contribution in [0.25, 0.3) is 10.1 Å². The van der Waals surface area contributed by atoms with Gasteiger partial charge in [-0.05, 0) is 30.5 Å². The van der Waals surface area contributed by atoms with Gasteiger partial charge in [0.25, 0.3) is 11.8 Å². The van der Waals surface area contributed by atoms with Crippen molar-refractivity contribution in [1.82, 2.24) is 15.2 Å². The number of pyridine rings is 2. The summed E-state index contributed by atoms with van der Waals surface area (Å²) in [5, 5.41) is 18.8. The van der Waals surface area contributed by atoms with E-state index < -0.39 is 41.8 Å². The van der Waals surface area contributed by atoms with E-state index in [1.807, 2.05) is 34.5 Å². The fourth-order valence-electron chi connectivity index (χ4n) is 4.42. The lowest BCUT2D eigenvalue weighted by Crippen LogP contribution is -2.71. The molecule has 15 heteroatoms. The number of carbonyl (C=O) groups is 4. The molecular weight excluding hydrogens is 572 g/mol. The van der Waals surface area contributed by atoms with Crippen LogP contribution in [0.5, 0.6) is 0 Å². The maximum absolute atomic E-state index is 13.3. The minimum absolute atomic E-state index is 0.0550. The summed E-state index contributed by atoms with van der Waals surface area (Å²) in [6, 6.07) is 7.48. The quantitative estimate of drug-likeness (QED) is 0.1000. The zero-order valence-corrected chi connectivity index (χ0v) is 23.3. The minimum Gasteiger partial charge on any atom is -0.477 e. The second-order valence-electron chi connectivity index (χ2n) is 8.94. The molecule has 0 radical (unpaired) electrons. The van der Waals surface area contributed by atoms with Crippen LogP contribution in [-0.2, 0) is 35.3 Å². The monoisotopic (exact) mass is 597 g/mol. The number of hydrogen-bond acceptors (Lipinski definition) is 11. The van der Waals surface area contributed by atoms with Gasteiger partial charge in [0, 0.05) is 22.8 Å². The molecule has 1 saturated heterocycles. The molecule has 1 unspecified atom stereocenters. The predicted molar refractivity (Wildman–Crippen MR) is 149 cm³/mol. The number of ether oxygens (including phenoxy) is 1. The number of aliphatic carboxylic acids is 1. The lowest BCUT2D eigenvalue weighted by Gasteiger charge is -2.49. The molecule has 0 aliphatic carbocycles. The maximum atomic E-state index is 13.3. The van der Waals surface area contributed by atoms with Crippen LogP contribution >= 0.6 is 23.1 Å². The number of nitrogens with zero attached hydrogens (tertiary/aromatic N) is 4. The lowest BCUT2D eigenvalue weighted by atomic mass is 10.0. The van der Waals surface area contributed by atoms with Gasteiger partial charge in [-0.15, -0.1) is 23.1 Å². The number of hydrogen-bond donors (Lipinski definition) is 3. The van der Waals surface area contributed by atoms with E-state index in [4.69, 9.17) is 15.3 Å². The summed E-state index contributed by atoms with van der Waals surface area (Å²) in [5.74, 6) is -2.83. The van der Waals surface area contributed by atoms with Crippen molar-refractivity contribution in [2.75, 3.05) is 24.7 Å². The Labute approximate surface area is 241 Å². The molecule has 41 heavy (non-hydrogen) atoms. The van der Waals surface area contributed by atoms with Gasteiger partial charge in [0.1, 0.15) is 28.6 Å². The SMILES string of the molecule is CCOC(=O)CON=C(C(=O)NC1C(=O)N2C(C(=O)O)=C(C[n+]3ccc4ccsc4c3)CS[C@@H]12)c1cccc(N)n1. The number of β-lactam (4-membered cyclic amide) rings is 1. The third kappa shape index (κ3) is 5.85. The van der Waals surface area contributed by atoms with E-state index in [-0.39, 0.29) is 29.5 Å². The molecule has 5 heterocycles. The number of fused-ring (bicyclic) bond motifs is 2. The number of nitrogens with one attached hydrogen (secondary N) is 1.